The Morgan fingerprint density at radius 1 is 1.07 bits per heavy atom. The first kappa shape index (κ1) is 25.1. The third-order valence-electron chi connectivity index (χ3n) is 2.82. The first-order valence-corrected chi connectivity index (χ1v) is 9.91. The van der Waals surface area contributed by atoms with Crippen molar-refractivity contribution in [2.24, 2.45) is 5.41 Å². The Kier molecular flexibility index (Phi) is 9.65. The molecule has 146 valence electrons. The molecule has 0 aliphatic carbocycles. The molecule has 0 spiro atoms. The van der Waals surface area contributed by atoms with Crippen LogP contribution in [0.2, 0.25) is 0 Å². The van der Waals surface area contributed by atoms with Crippen LogP contribution in [0.3, 0.4) is 0 Å². The van der Waals surface area contributed by atoms with E-state index in [1.807, 2.05) is 0 Å². The summed E-state index contributed by atoms with van der Waals surface area (Å²) >= 11 is 0.660. The van der Waals surface area contributed by atoms with Crippen LogP contribution in [0.15, 0.2) is 18.2 Å². The number of carboxylic acids is 1. The zero-order valence-corrected chi connectivity index (χ0v) is 20.0. The van der Waals surface area contributed by atoms with Crippen LogP contribution in [0.4, 0.5) is 4.79 Å². The van der Waals surface area contributed by atoms with Crippen molar-refractivity contribution in [2.75, 3.05) is 6.61 Å². The van der Waals surface area contributed by atoms with E-state index in [1.165, 1.54) is 0 Å². The standard InChI is InChI=1S/C14H17O5.C5H10O2.Zn/c1-5-17-12(15)10-7-6-8-11(9-10)18-13(16)19-14(2,3)4;1-5(2,3)4(6)7;/h6-8H,5H2,1-4H3;1-3H3,(H,6,7);/q;;+1/p-1. The van der Waals surface area contributed by atoms with E-state index < -0.39 is 29.1 Å². The monoisotopic (exact) mass is 430 g/mol. The molecule has 0 saturated heterocycles. The molecule has 0 saturated carbocycles. The predicted molar refractivity (Wildman–Crippen MR) is 93.4 cm³/mol. The fraction of sp³-hybridized carbons (Fsp3) is 0.526. The molecule has 0 heterocycles. The first-order valence-electron chi connectivity index (χ1n) is 8.43. The van der Waals surface area contributed by atoms with E-state index in [-0.39, 0.29) is 0 Å². The van der Waals surface area contributed by atoms with Gasteiger partial charge in [-0.3, -0.25) is 0 Å². The third kappa shape index (κ3) is 10.1. The molecule has 8 heteroatoms. The van der Waals surface area contributed by atoms with Gasteiger partial charge in [0.2, 0.25) is 0 Å². The molecule has 0 aliphatic heterocycles. The summed E-state index contributed by atoms with van der Waals surface area (Å²) in [7, 11) is 0. The van der Waals surface area contributed by atoms with Gasteiger partial charge < -0.3 is 9.90 Å². The van der Waals surface area contributed by atoms with E-state index in [9.17, 15) is 19.5 Å². The molecule has 0 aliphatic rings. The molecule has 1 aromatic rings. The Balaban J connectivity index is 0.000000821. The van der Waals surface area contributed by atoms with Crippen LogP contribution in [0.1, 0.15) is 58.8 Å². The average Bonchev–Trinajstić information content (AvgIpc) is 2.47. The molecule has 0 fully saturated rings. The van der Waals surface area contributed by atoms with E-state index in [2.05, 4.69) is 0 Å². The number of ether oxygens (including phenoxy) is 3. The van der Waals surface area contributed by atoms with Gasteiger partial charge in [0, 0.05) is 11.4 Å². The first-order chi connectivity index (χ1) is 12.2. The number of rotatable bonds is 3. The van der Waals surface area contributed by atoms with E-state index in [0.717, 1.165) is 0 Å². The van der Waals surface area contributed by atoms with Crippen LogP contribution < -0.4 is 14.0 Å². The van der Waals surface area contributed by atoms with Gasteiger partial charge in [0.05, 0.1) is 0 Å². The van der Waals surface area contributed by atoms with Crippen LogP contribution in [-0.4, -0.2) is 30.3 Å². The summed E-state index contributed by atoms with van der Waals surface area (Å²) in [5.74, 6) is -1.08. The Bertz CT molecular complexity index is 670. The number of benzene rings is 1. The van der Waals surface area contributed by atoms with Gasteiger partial charge in [-0.15, -0.1) is 0 Å². The maximum absolute atomic E-state index is 11.8. The summed E-state index contributed by atoms with van der Waals surface area (Å²) in [6.07, 6.45) is -0.784. The third-order valence-corrected chi connectivity index (χ3v) is 4.35. The van der Waals surface area contributed by atoms with Gasteiger partial charge in [-0.05, 0) is 0 Å². The Labute approximate surface area is 170 Å². The SMILES string of the molecule is CC(C)(C)C(=O)[O-].CCOC(=O)c1cccc(OC(=O)OC(C)(C)C)[c]1[Zn+]. The molecule has 1 rings (SSSR count). The molecule has 0 unspecified atom stereocenters. The van der Waals surface area contributed by atoms with Gasteiger partial charge in [0.25, 0.3) is 0 Å². The number of hydrogen-bond donors (Lipinski definition) is 0. The van der Waals surface area contributed by atoms with E-state index in [1.54, 1.807) is 66.7 Å². The fourth-order valence-corrected chi connectivity index (χ4v) is 2.37. The second-order valence-corrected chi connectivity index (χ2v) is 9.09. The van der Waals surface area contributed by atoms with E-state index in [4.69, 9.17) is 14.2 Å². The zero-order chi connectivity index (χ0) is 21.4. The van der Waals surface area contributed by atoms with Crippen molar-refractivity contribution in [1.82, 2.24) is 0 Å². The summed E-state index contributed by atoms with van der Waals surface area (Å²) in [4.78, 5) is 33.3. The molecule has 1 aromatic carbocycles. The number of esters is 1. The molecule has 7 nitrogen and oxygen atoms in total. The maximum atomic E-state index is 11.8. The van der Waals surface area contributed by atoms with Gasteiger partial charge in [0.1, 0.15) is 0 Å². The molecular formula is C19H26O7Zn. The average molecular weight is 432 g/mol. The van der Waals surface area contributed by atoms with Crippen LogP contribution in [0.5, 0.6) is 5.75 Å². The molecule has 0 radical (unpaired) electrons. The molecular weight excluding hydrogens is 406 g/mol. The topological polar surface area (TPSA) is 102 Å². The Morgan fingerprint density at radius 3 is 2.00 bits per heavy atom. The van der Waals surface area contributed by atoms with Crippen LogP contribution in [-0.2, 0) is 32.6 Å². The summed E-state index contributed by atoms with van der Waals surface area (Å²) in [6, 6.07) is 4.93. The Morgan fingerprint density at radius 2 is 1.59 bits per heavy atom. The summed E-state index contributed by atoms with van der Waals surface area (Å²) in [5.41, 5.74) is -0.895. The van der Waals surface area contributed by atoms with E-state index in [0.29, 0.717) is 40.4 Å². The minimum absolute atomic E-state index is 0.301. The Hall–Kier alpha value is -1.95. The minimum atomic E-state index is -1.01. The fourth-order valence-electron chi connectivity index (χ4n) is 1.42. The number of hydrogen-bond acceptors (Lipinski definition) is 7. The molecule has 0 atom stereocenters. The van der Waals surface area contributed by atoms with Gasteiger partial charge in [-0.2, -0.15) is 0 Å². The number of carboxylic acid groups (broad SMARTS) is 1. The van der Waals surface area contributed by atoms with Crippen molar-refractivity contribution in [1.29, 1.82) is 0 Å². The summed E-state index contributed by atoms with van der Waals surface area (Å²) in [5, 5.41) is 9.91. The molecule has 0 N–H and O–H groups in total. The van der Waals surface area contributed by atoms with Gasteiger partial charge >= 0.3 is 128 Å². The molecule has 0 bridgehead atoms. The van der Waals surface area contributed by atoms with E-state index >= 15 is 0 Å². The van der Waals surface area contributed by atoms with Gasteiger partial charge in [-0.1, -0.05) is 20.8 Å². The summed E-state index contributed by atoms with van der Waals surface area (Å²) in [6.45, 7) is 12.1. The van der Waals surface area contributed by atoms with Crippen molar-refractivity contribution >= 4 is 22.3 Å². The van der Waals surface area contributed by atoms with Crippen molar-refractivity contribution in [3.05, 3.63) is 23.8 Å². The molecule has 0 amide bonds. The number of carbonyl (C=O) groups excluding carboxylic acids is 3. The number of aliphatic carboxylic acids is 1. The van der Waals surface area contributed by atoms with Crippen molar-refractivity contribution < 1.29 is 52.0 Å². The normalized spacial score (nSPS) is 11.0. The van der Waals surface area contributed by atoms with Crippen molar-refractivity contribution in [3.8, 4) is 5.75 Å². The van der Waals surface area contributed by atoms with Gasteiger partial charge in [0.15, 0.2) is 0 Å². The van der Waals surface area contributed by atoms with Crippen LogP contribution in [0.25, 0.3) is 0 Å². The summed E-state index contributed by atoms with van der Waals surface area (Å²) < 4.78 is 15.9. The zero-order valence-electron chi connectivity index (χ0n) is 17.0. The van der Waals surface area contributed by atoms with Crippen LogP contribution in [0, 0.1) is 5.41 Å². The quantitative estimate of drug-likeness (QED) is 0.410. The number of carbonyl (C=O) groups is 3. The second kappa shape index (κ2) is 10.4. The van der Waals surface area contributed by atoms with Gasteiger partial charge in [-0.25, -0.2) is 0 Å². The van der Waals surface area contributed by atoms with Crippen molar-refractivity contribution in [2.45, 2.75) is 54.1 Å². The second-order valence-electron chi connectivity index (χ2n) is 7.61. The predicted octanol–water partition coefficient (Wildman–Crippen LogP) is 2.13. The van der Waals surface area contributed by atoms with Crippen LogP contribution >= 0.6 is 0 Å². The van der Waals surface area contributed by atoms with Crippen molar-refractivity contribution in [3.63, 3.8) is 0 Å². The molecule has 27 heavy (non-hydrogen) atoms. The molecule has 0 aromatic heterocycles.